The van der Waals surface area contributed by atoms with Crippen LogP contribution in [0.5, 0.6) is 0 Å². The maximum atomic E-state index is 13.4. The number of likely N-dealkylation sites (tertiary alicyclic amines) is 1. The van der Waals surface area contributed by atoms with E-state index in [-0.39, 0.29) is 29.4 Å². The first kappa shape index (κ1) is 21.6. The van der Waals surface area contributed by atoms with E-state index in [9.17, 15) is 9.59 Å². The Hall–Kier alpha value is -3.21. The molecule has 0 unspecified atom stereocenters. The molecule has 0 radical (unpaired) electrons. The lowest BCUT2D eigenvalue weighted by atomic mass is 9.66. The van der Waals surface area contributed by atoms with E-state index in [0.29, 0.717) is 24.5 Å². The van der Waals surface area contributed by atoms with Gasteiger partial charge in [-0.1, -0.05) is 0 Å². The van der Waals surface area contributed by atoms with Gasteiger partial charge in [0.25, 0.3) is 0 Å². The molecule has 1 amide bonds. The number of rotatable bonds is 5. The average Bonchev–Trinajstić information content (AvgIpc) is 3.54. The van der Waals surface area contributed by atoms with Gasteiger partial charge in [0.2, 0.25) is 5.91 Å². The molecule has 1 saturated heterocycles. The molecule has 11 heteroatoms. The molecule has 174 valence electrons. The first-order chi connectivity index (χ1) is 15.8. The van der Waals surface area contributed by atoms with Crippen LogP contribution in [0.1, 0.15) is 51.6 Å². The molecule has 4 heterocycles. The van der Waals surface area contributed by atoms with E-state index in [2.05, 4.69) is 44.4 Å². The molecule has 5 rings (SSSR count). The van der Waals surface area contributed by atoms with Crippen molar-refractivity contribution in [3.05, 3.63) is 35.7 Å². The highest BCUT2D eigenvalue weighted by Crippen LogP contribution is 2.50. The SMILES string of the molecule is CC1=C(N2CCC3(CCC(C)(N(C)Cc4cnc(-n5cnnn5)cn4)CC3)C2=O)COC1=O. The van der Waals surface area contributed by atoms with Crippen molar-refractivity contribution < 1.29 is 14.3 Å². The van der Waals surface area contributed by atoms with Gasteiger partial charge in [-0.25, -0.2) is 9.78 Å². The molecule has 0 bridgehead atoms. The van der Waals surface area contributed by atoms with E-state index in [0.717, 1.165) is 43.5 Å². The number of aromatic nitrogens is 6. The van der Waals surface area contributed by atoms with Crippen molar-refractivity contribution in [2.24, 2.45) is 5.41 Å². The molecule has 0 aromatic carbocycles. The van der Waals surface area contributed by atoms with Gasteiger partial charge in [0.05, 0.1) is 34.8 Å². The maximum Gasteiger partial charge on any atom is 0.336 e. The second-order valence-corrected chi connectivity index (χ2v) is 9.61. The molecule has 2 aromatic heterocycles. The van der Waals surface area contributed by atoms with Gasteiger partial charge < -0.3 is 9.64 Å². The highest BCUT2D eigenvalue weighted by Gasteiger charge is 2.52. The number of tetrazole rings is 1. The Bertz CT molecular complexity index is 1090. The summed E-state index contributed by atoms with van der Waals surface area (Å²) >= 11 is 0. The number of cyclic esters (lactones) is 1. The van der Waals surface area contributed by atoms with Gasteiger partial charge in [-0.15, -0.1) is 5.10 Å². The van der Waals surface area contributed by atoms with Crippen molar-refractivity contribution in [3.8, 4) is 5.82 Å². The first-order valence-electron chi connectivity index (χ1n) is 11.3. The Morgan fingerprint density at radius 1 is 1.12 bits per heavy atom. The van der Waals surface area contributed by atoms with Gasteiger partial charge in [-0.05, 0) is 63.4 Å². The number of carbonyl (C=O) groups is 2. The normalized spacial score (nSPS) is 27.8. The lowest BCUT2D eigenvalue weighted by Crippen LogP contribution is -2.50. The fourth-order valence-electron chi connectivity index (χ4n) is 5.19. The molecule has 0 atom stereocenters. The van der Waals surface area contributed by atoms with Gasteiger partial charge in [0.1, 0.15) is 12.9 Å². The minimum atomic E-state index is -0.327. The number of ether oxygens (including phenoxy) is 1. The van der Waals surface area contributed by atoms with E-state index in [1.807, 2.05) is 0 Å². The van der Waals surface area contributed by atoms with Gasteiger partial charge >= 0.3 is 5.97 Å². The second-order valence-electron chi connectivity index (χ2n) is 9.61. The van der Waals surface area contributed by atoms with E-state index >= 15 is 0 Å². The molecule has 11 nitrogen and oxygen atoms in total. The van der Waals surface area contributed by atoms with Crippen molar-refractivity contribution in [1.82, 2.24) is 40.0 Å². The van der Waals surface area contributed by atoms with Crippen LogP contribution in [0.4, 0.5) is 0 Å². The largest absolute Gasteiger partial charge is 0.456 e. The lowest BCUT2D eigenvalue weighted by Gasteiger charge is -2.47. The Balaban J connectivity index is 1.22. The first-order valence-corrected chi connectivity index (χ1v) is 11.3. The smallest absolute Gasteiger partial charge is 0.336 e. The zero-order chi connectivity index (χ0) is 23.2. The summed E-state index contributed by atoms with van der Waals surface area (Å²) in [5, 5.41) is 11.1. The quantitative estimate of drug-likeness (QED) is 0.618. The standard InChI is InChI=1S/C22H28N8O3/c1-15-17(13-33-19(15)31)29-9-8-22(20(29)32)6-4-21(2,5-7-22)28(3)12-16-10-24-18(11-23-16)30-14-25-26-27-30/h10-11,14H,4-9,12-13H2,1-3H3. The van der Waals surface area contributed by atoms with Crippen molar-refractivity contribution in [2.75, 3.05) is 20.2 Å². The highest BCUT2D eigenvalue weighted by molar-refractivity contribution is 5.94. The predicted molar refractivity (Wildman–Crippen MR) is 116 cm³/mol. The van der Waals surface area contributed by atoms with Crippen molar-refractivity contribution >= 4 is 11.9 Å². The molecule has 2 aliphatic heterocycles. The molecule has 2 fully saturated rings. The fourth-order valence-corrected chi connectivity index (χ4v) is 5.19. The molecule has 1 saturated carbocycles. The maximum absolute atomic E-state index is 13.4. The van der Waals surface area contributed by atoms with Crippen LogP contribution >= 0.6 is 0 Å². The van der Waals surface area contributed by atoms with Crippen LogP contribution in [-0.2, 0) is 20.9 Å². The molecule has 1 aliphatic carbocycles. The zero-order valence-corrected chi connectivity index (χ0v) is 19.2. The van der Waals surface area contributed by atoms with Gasteiger partial charge in [0, 0.05) is 18.6 Å². The van der Waals surface area contributed by atoms with Gasteiger partial charge in [0.15, 0.2) is 5.82 Å². The topological polar surface area (TPSA) is 119 Å². The predicted octanol–water partition coefficient (Wildman–Crippen LogP) is 1.27. The molecule has 3 aliphatic rings. The number of carbonyl (C=O) groups excluding carboxylic acids is 2. The molecular weight excluding hydrogens is 424 g/mol. The minimum Gasteiger partial charge on any atom is -0.456 e. The number of hydrogen-bond acceptors (Lipinski definition) is 9. The summed E-state index contributed by atoms with van der Waals surface area (Å²) in [4.78, 5) is 38.2. The average molecular weight is 453 g/mol. The number of amides is 1. The van der Waals surface area contributed by atoms with Crippen LogP contribution in [-0.4, -0.2) is 77.6 Å². The van der Waals surface area contributed by atoms with Crippen LogP contribution < -0.4 is 0 Å². The number of nitrogens with zero attached hydrogens (tertiary/aromatic N) is 8. The molecule has 1 spiro atoms. The molecule has 2 aromatic rings. The van der Waals surface area contributed by atoms with Gasteiger partial charge in [-0.2, -0.15) is 4.68 Å². The van der Waals surface area contributed by atoms with Crippen molar-refractivity contribution in [2.45, 2.75) is 58.0 Å². The summed E-state index contributed by atoms with van der Waals surface area (Å²) in [6.45, 7) is 5.54. The van der Waals surface area contributed by atoms with Crippen molar-refractivity contribution in [3.63, 3.8) is 0 Å². The monoisotopic (exact) mass is 452 g/mol. The third kappa shape index (κ3) is 3.69. The minimum absolute atomic E-state index is 0.0310. The Labute approximate surface area is 191 Å². The number of hydrogen-bond donors (Lipinski definition) is 0. The van der Waals surface area contributed by atoms with E-state index < -0.39 is 0 Å². The van der Waals surface area contributed by atoms with Crippen molar-refractivity contribution in [1.29, 1.82) is 0 Å². The molecular formula is C22H28N8O3. The third-order valence-corrected chi connectivity index (χ3v) is 7.80. The molecule has 33 heavy (non-hydrogen) atoms. The summed E-state index contributed by atoms with van der Waals surface area (Å²) in [7, 11) is 2.10. The second kappa shape index (κ2) is 7.98. The summed E-state index contributed by atoms with van der Waals surface area (Å²) in [6, 6.07) is 0. The highest BCUT2D eigenvalue weighted by atomic mass is 16.5. The van der Waals surface area contributed by atoms with Crippen LogP contribution in [0.2, 0.25) is 0 Å². The molecule has 0 N–H and O–H groups in total. The Morgan fingerprint density at radius 3 is 2.52 bits per heavy atom. The van der Waals surface area contributed by atoms with E-state index in [1.165, 1.54) is 11.0 Å². The van der Waals surface area contributed by atoms with Crippen LogP contribution in [0.25, 0.3) is 5.82 Å². The third-order valence-electron chi connectivity index (χ3n) is 7.80. The Morgan fingerprint density at radius 2 is 1.91 bits per heavy atom. The number of esters is 1. The lowest BCUT2D eigenvalue weighted by molar-refractivity contribution is -0.139. The van der Waals surface area contributed by atoms with Crippen LogP contribution in [0.3, 0.4) is 0 Å². The zero-order valence-electron chi connectivity index (χ0n) is 19.2. The Kier molecular flexibility index (Phi) is 5.23. The summed E-state index contributed by atoms with van der Waals surface area (Å²) in [5.41, 5.74) is 1.82. The van der Waals surface area contributed by atoms with Gasteiger partial charge in [-0.3, -0.25) is 14.7 Å². The van der Waals surface area contributed by atoms with E-state index in [4.69, 9.17) is 4.74 Å². The summed E-state index contributed by atoms with van der Waals surface area (Å²) in [6.07, 6.45) is 9.26. The van der Waals surface area contributed by atoms with Crippen LogP contribution in [0.15, 0.2) is 30.0 Å². The summed E-state index contributed by atoms with van der Waals surface area (Å²) < 4.78 is 6.60. The fraction of sp³-hybridized carbons (Fsp3) is 0.591. The summed E-state index contributed by atoms with van der Waals surface area (Å²) in [5.74, 6) is 0.413. The van der Waals surface area contributed by atoms with E-state index in [1.54, 1.807) is 24.2 Å². The van der Waals surface area contributed by atoms with Crippen LogP contribution in [0, 0.1) is 5.41 Å².